The van der Waals surface area contributed by atoms with Gasteiger partial charge in [0.1, 0.15) is 5.75 Å². The zero-order valence-electron chi connectivity index (χ0n) is 10.6. The zero-order chi connectivity index (χ0) is 13.0. The van der Waals surface area contributed by atoms with Gasteiger partial charge in [-0.25, -0.2) is 5.43 Å². The number of hydrogen-bond donors (Lipinski definition) is 2. The van der Waals surface area contributed by atoms with Crippen LogP contribution in [0.25, 0.3) is 0 Å². The summed E-state index contributed by atoms with van der Waals surface area (Å²) in [4.78, 5) is 0. The van der Waals surface area contributed by atoms with Gasteiger partial charge in [0.2, 0.25) is 0 Å². The molecular weight excluding hydrogens is 228 g/mol. The van der Waals surface area contributed by atoms with Crippen LogP contribution in [0.2, 0.25) is 0 Å². The number of ether oxygens (including phenoxy) is 1. The quantitative estimate of drug-likeness (QED) is 0.619. The van der Waals surface area contributed by atoms with E-state index < -0.39 is 0 Å². The maximum atomic E-state index is 5.67. The first kappa shape index (κ1) is 12.6. The fraction of sp³-hybridized carbons (Fsp3) is 0.308. The van der Waals surface area contributed by atoms with Crippen LogP contribution < -0.4 is 16.0 Å². The topological polar surface area (TPSA) is 65.1 Å². The highest BCUT2D eigenvalue weighted by molar-refractivity contribution is 5.40. The Kier molecular flexibility index (Phi) is 3.96. The maximum absolute atomic E-state index is 5.67. The molecule has 2 aromatic rings. The Bertz CT molecular complexity index is 509. The molecule has 0 fully saturated rings. The van der Waals surface area contributed by atoms with Gasteiger partial charge < -0.3 is 4.74 Å². The molecule has 3 N–H and O–H groups in total. The molecule has 5 heteroatoms. The molecule has 1 unspecified atom stereocenters. The van der Waals surface area contributed by atoms with E-state index in [9.17, 15) is 0 Å². The molecule has 0 spiro atoms. The van der Waals surface area contributed by atoms with Crippen molar-refractivity contribution in [2.45, 2.75) is 19.5 Å². The van der Waals surface area contributed by atoms with Crippen molar-refractivity contribution in [1.82, 2.24) is 15.2 Å². The number of aryl methyl sites for hydroxylation is 1. The van der Waals surface area contributed by atoms with Crippen LogP contribution in [0, 0.1) is 0 Å². The largest absolute Gasteiger partial charge is 0.496 e. The number of hydrogen-bond acceptors (Lipinski definition) is 4. The number of nitrogens with two attached hydrogens (primary N) is 1. The molecule has 0 aliphatic rings. The molecule has 5 nitrogen and oxygen atoms in total. The van der Waals surface area contributed by atoms with E-state index in [-0.39, 0.29) is 6.04 Å². The van der Waals surface area contributed by atoms with E-state index in [2.05, 4.69) is 10.5 Å². The van der Waals surface area contributed by atoms with Gasteiger partial charge in [0, 0.05) is 23.9 Å². The van der Waals surface area contributed by atoms with Gasteiger partial charge in [0.15, 0.2) is 0 Å². The summed E-state index contributed by atoms with van der Waals surface area (Å²) in [5, 5.41) is 4.26. The van der Waals surface area contributed by atoms with Crippen molar-refractivity contribution < 1.29 is 4.74 Å². The molecule has 1 atom stereocenters. The standard InChI is InChI=1S/C13H18N4O/c1-3-17-9-10(8-15-17)13(16-14)11-6-4-5-7-12(11)18-2/h4-9,13,16H,3,14H2,1-2H3. The highest BCUT2D eigenvalue weighted by Gasteiger charge is 2.17. The third-order valence-corrected chi connectivity index (χ3v) is 2.93. The van der Waals surface area contributed by atoms with E-state index in [1.54, 1.807) is 7.11 Å². The minimum absolute atomic E-state index is 0.124. The predicted molar refractivity (Wildman–Crippen MR) is 70.1 cm³/mol. The van der Waals surface area contributed by atoms with Crippen molar-refractivity contribution in [2.75, 3.05) is 7.11 Å². The van der Waals surface area contributed by atoms with Gasteiger partial charge in [-0.05, 0) is 13.0 Å². The van der Waals surface area contributed by atoms with Gasteiger partial charge in [0.25, 0.3) is 0 Å². The van der Waals surface area contributed by atoms with Crippen molar-refractivity contribution >= 4 is 0 Å². The van der Waals surface area contributed by atoms with E-state index in [1.807, 2.05) is 48.3 Å². The SMILES string of the molecule is CCn1cc(C(NN)c2ccccc2OC)cn1. The summed E-state index contributed by atoms with van der Waals surface area (Å²) < 4.78 is 7.23. The number of methoxy groups -OCH3 is 1. The zero-order valence-corrected chi connectivity index (χ0v) is 10.6. The van der Waals surface area contributed by atoms with Crippen LogP contribution in [-0.4, -0.2) is 16.9 Å². The lowest BCUT2D eigenvalue weighted by Crippen LogP contribution is -2.28. The molecule has 1 aromatic carbocycles. The molecule has 18 heavy (non-hydrogen) atoms. The van der Waals surface area contributed by atoms with E-state index in [0.717, 1.165) is 23.4 Å². The molecule has 0 amide bonds. The summed E-state index contributed by atoms with van der Waals surface area (Å²) >= 11 is 0. The summed E-state index contributed by atoms with van der Waals surface area (Å²) in [6, 6.07) is 7.69. The molecule has 0 aliphatic heterocycles. The first-order valence-electron chi connectivity index (χ1n) is 5.91. The Hall–Kier alpha value is -1.85. The van der Waals surface area contributed by atoms with Crippen LogP contribution in [0.5, 0.6) is 5.75 Å². The number of para-hydroxylation sites is 1. The lowest BCUT2D eigenvalue weighted by molar-refractivity contribution is 0.404. The Morgan fingerprint density at radius 1 is 1.44 bits per heavy atom. The Morgan fingerprint density at radius 2 is 2.22 bits per heavy atom. The van der Waals surface area contributed by atoms with E-state index in [1.165, 1.54) is 0 Å². The van der Waals surface area contributed by atoms with Gasteiger partial charge in [-0.3, -0.25) is 10.5 Å². The monoisotopic (exact) mass is 246 g/mol. The van der Waals surface area contributed by atoms with Crippen LogP contribution in [0.3, 0.4) is 0 Å². The molecule has 0 saturated carbocycles. The summed E-state index contributed by atoms with van der Waals surface area (Å²) in [6.07, 6.45) is 3.80. The Labute approximate surface area is 107 Å². The second kappa shape index (κ2) is 5.66. The summed E-state index contributed by atoms with van der Waals surface area (Å²) in [5.41, 5.74) is 4.83. The first-order chi connectivity index (χ1) is 8.80. The lowest BCUT2D eigenvalue weighted by Gasteiger charge is -2.17. The fourth-order valence-electron chi connectivity index (χ4n) is 1.97. The molecule has 1 heterocycles. The van der Waals surface area contributed by atoms with Crippen LogP contribution in [0.4, 0.5) is 0 Å². The van der Waals surface area contributed by atoms with Crippen molar-refractivity contribution in [3.63, 3.8) is 0 Å². The highest BCUT2D eigenvalue weighted by Crippen LogP contribution is 2.28. The minimum Gasteiger partial charge on any atom is -0.496 e. The molecule has 2 rings (SSSR count). The highest BCUT2D eigenvalue weighted by atomic mass is 16.5. The molecule has 0 bridgehead atoms. The second-order valence-corrected chi connectivity index (χ2v) is 3.97. The van der Waals surface area contributed by atoms with Gasteiger partial charge >= 0.3 is 0 Å². The van der Waals surface area contributed by atoms with E-state index in [0.29, 0.717) is 0 Å². The third kappa shape index (κ3) is 2.37. The van der Waals surface area contributed by atoms with Gasteiger partial charge in [-0.15, -0.1) is 0 Å². The number of nitrogens with zero attached hydrogens (tertiary/aromatic N) is 2. The number of aromatic nitrogens is 2. The molecule has 96 valence electrons. The molecule has 0 saturated heterocycles. The van der Waals surface area contributed by atoms with Gasteiger partial charge in [-0.1, -0.05) is 18.2 Å². The number of rotatable bonds is 5. The minimum atomic E-state index is -0.124. The van der Waals surface area contributed by atoms with E-state index in [4.69, 9.17) is 10.6 Å². The van der Waals surface area contributed by atoms with Gasteiger partial charge in [0.05, 0.1) is 19.3 Å². The maximum Gasteiger partial charge on any atom is 0.124 e. The average molecular weight is 246 g/mol. The average Bonchev–Trinajstić information content (AvgIpc) is 2.89. The van der Waals surface area contributed by atoms with E-state index >= 15 is 0 Å². The molecule has 0 radical (unpaired) electrons. The summed E-state index contributed by atoms with van der Waals surface area (Å²) in [5.74, 6) is 6.48. The molecular formula is C13H18N4O. The lowest BCUT2D eigenvalue weighted by atomic mass is 10.0. The van der Waals surface area contributed by atoms with Crippen LogP contribution in [0.15, 0.2) is 36.7 Å². The van der Waals surface area contributed by atoms with Crippen molar-refractivity contribution in [1.29, 1.82) is 0 Å². The smallest absolute Gasteiger partial charge is 0.124 e. The normalized spacial score (nSPS) is 12.4. The Morgan fingerprint density at radius 3 is 2.83 bits per heavy atom. The Balaban J connectivity index is 2.38. The molecule has 0 aliphatic carbocycles. The number of hydrazine groups is 1. The van der Waals surface area contributed by atoms with Crippen molar-refractivity contribution in [3.8, 4) is 5.75 Å². The fourth-order valence-corrected chi connectivity index (χ4v) is 1.97. The first-order valence-corrected chi connectivity index (χ1v) is 5.91. The van der Waals surface area contributed by atoms with Crippen molar-refractivity contribution in [2.24, 2.45) is 5.84 Å². The van der Waals surface area contributed by atoms with Gasteiger partial charge in [-0.2, -0.15) is 5.10 Å². The summed E-state index contributed by atoms with van der Waals surface area (Å²) in [7, 11) is 1.65. The predicted octanol–water partition coefficient (Wildman–Crippen LogP) is 1.46. The van der Waals surface area contributed by atoms with Crippen molar-refractivity contribution in [3.05, 3.63) is 47.8 Å². The third-order valence-electron chi connectivity index (χ3n) is 2.93. The summed E-state index contributed by atoms with van der Waals surface area (Å²) in [6.45, 7) is 2.88. The van der Waals surface area contributed by atoms with Crippen LogP contribution in [0.1, 0.15) is 24.1 Å². The van der Waals surface area contributed by atoms with Crippen LogP contribution in [-0.2, 0) is 6.54 Å². The second-order valence-electron chi connectivity index (χ2n) is 3.97. The molecule has 1 aromatic heterocycles. The van der Waals surface area contributed by atoms with Crippen LogP contribution >= 0.6 is 0 Å². The number of nitrogens with one attached hydrogen (secondary N) is 1. The number of benzene rings is 1.